The van der Waals surface area contributed by atoms with Gasteiger partial charge in [0.05, 0.1) is 6.61 Å². The summed E-state index contributed by atoms with van der Waals surface area (Å²) in [4.78, 5) is 20.6. The number of hydrogen-bond donors (Lipinski definition) is 0. The van der Waals surface area contributed by atoms with Gasteiger partial charge >= 0.3 is 5.97 Å². The summed E-state index contributed by atoms with van der Waals surface area (Å²) in [5.41, 5.74) is 0. The molecule has 0 amide bonds. The van der Waals surface area contributed by atoms with Crippen LogP contribution in [0.4, 0.5) is 0 Å². The first-order chi connectivity index (χ1) is 6.76. The van der Waals surface area contributed by atoms with Crippen LogP contribution in [0.25, 0.3) is 0 Å². The Morgan fingerprint density at radius 2 is 2.00 bits per heavy atom. The van der Waals surface area contributed by atoms with Gasteiger partial charge in [0.1, 0.15) is 0 Å². The SMILES string of the molecule is CCCCOOC(=O)C(CC)OCC. The molecule has 84 valence electrons. The summed E-state index contributed by atoms with van der Waals surface area (Å²) in [6.07, 6.45) is 2.00. The molecule has 0 aromatic heterocycles. The Bertz CT molecular complexity index is 147. The third-order valence-corrected chi connectivity index (χ3v) is 1.72. The lowest BCUT2D eigenvalue weighted by atomic mass is 10.3. The van der Waals surface area contributed by atoms with Gasteiger partial charge in [-0.15, -0.1) is 0 Å². The van der Waals surface area contributed by atoms with Gasteiger partial charge in [-0.1, -0.05) is 20.3 Å². The standard InChI is InChI=1S/C10H20O4/c1-4-7-8-13-14-10(11)9(5-2)12-6-3/h9H,4-8H2,1-3H3. The molecule has 4 nitrogen and oxygen atoms in total. The summed E-state index contributed by atoms with van der Waals surface area (Å²) in [5.74, 6) is -0.439. The van der Waals surface area contributed by atoms with Crippen LogP contribution in [0.15, 0.2) is 0 Å². The second kappa shape index (κ2) is 8.97. The van der Waals surface area contributed by atoms with Crippen molar-refractivity contribution in [2.75, 3.05) is 13.2 Å². The van der Waals surface area contributed by atoms with Crippen molar-refractivity contribution in [2.45, 2.75) is 46.1 Å². The highest BCUT2D eigenvalue weighted by Crippen LogP contribution is 2.01. The Morgan fingerprint density at radius 3 is 2.50 bits per heavy atom. The van der Waals surface area contributed by atoms with Crippen molar-refractivity contribution in [1.82, 2.24) is 0 Å². The largest absolute Gasteiger partial charge is 0.370 e. The Balaban J connectivity index is 3.58. The second-order valence-electron chi connectivity index (χ2n) is 2.93. The van der Waals surface area contributed by atoms with Crippen molar-refractivity contribution in [3.05, 3.63) is 0 Å². The Kier molecular flexibility index (Phi) is 8.57. The number of unbranched alkanes of at least 4 members (excludes halogenated alkanes) is 1. The van der Waals surface area contributed by atoms with Crippen LogP contribution >= 0.6 is 0 Å². The van der Waals surface area contributed by atoms with Crippen LogP contribution in [0.3, 0.4) is 0 Å². The summed E-state index contributed by atoms with van der Waals surface area (Å²) in [5, 5.41) is 0. The van der Waals surface area contributed by atoms with Crippen LogP contribution in [0, 0.1) is 0 Å². The lowest BCUT2D eigenvalue weighted by Crippen LogP contribution is -2.26. The highest BCUT2D eigenvalue weighted by molar-refractivity contribution is 5.73. The van der Waals surface area contributed by atoms with Gasteiger partial charge in [0.25, 0.3) is 0 Å². The van der Waals surface area contributed by atoms with Gasteiger partial charge in [-0.3, -0.25) is 4.89 Å². The lowest BCUT2D eigenvalue weighted by Gasteiger charge is -2.12. The average molecular weight is 204 g/mol. The summed E-state index contributed by atoms with van der Waals surface area (Å²) < 4.78 is 5.16. The molecular weight excluding hydrogens is 184 g/mol. The topological polar surface area (TPSA) is 44.8 Å². The fraction of sp³-hybridized carbons (Fsp3) is 0.900. The van der Waals surface area contributed by atoms with Crippen molar-refractivity contribution < 1.29 is 19.3 Å². The van der Waals surface area contributed by atoms with Gasteiger partial charge in [0, 0.05) is 6.61 Å². The van der Waals surface area contributed by atoms with Gasteiger partial charge in [-0.05, 0) is 19.8 Å². The molecule has 0 fully saturated rings. The van der Waals surface area contributed by atoms with Gasteiger partial charge in [-0.25, -0.2) is 4.79 Å². The lowest BCUT2D eigenvalue weighted by molar-refractivity contribution is -0.280. The van der Waals surface area contributed by atoms with Crippen LogP contribution in [-0.4, -0.2) is 25.3 Å². The molecule has 14 heavy (non-hydrogen) atoms. The van der Waals surface area contributed by atoms with Crippen LogP contribution in [-0.2, 0) is 19.3 Å². The minimum atomic E-state index is -0.498. The van der Waals surface area contributed by atoms with Crippen molar-refractivity contribution in [3.63, 3.8) is 0 Å². The van der Waals surface area contributed by atoms with Crippen LogP contribution < -0.4 is 0 Å². The monoisotopic (exact) mass is 204 g/mol. The number of rotatable bonds is 8. The molecule has 0 saturated carbocycles. The maximum Gasteiger partial charge on any atom is 0.370 e. The zero-order valence-corrected chi connectivity index (χ0v) is 9.25. The molecule has 0 aromatic carbocycles. The van der Waals surface area contributed by atoms with Crippen molar-refractivity contribution in [3.8, 4) is 0 Å². The summed E-state index contributed by atoms with van der Waals surface area (Å²) >= 11 is 0. The van der Waals surface area contributed by atoms with Crippen molar-refractivity contribution in [2.24, 2.45) is 0 Å². The molecule has 0 radical (unpaired) electrons. The molecule has 4 heteroatoms. The van der Waals surface area contributed by atoms with E-state index in [4.69, 9.17) is 9.62 Å². The van der Waals surface area contributed by atoms with E-state index in [2.05, 4.69) is 4.89 Å². The molecule has 1 atom stereocenters. The number of ether oxygens (including phenoxy) is 1. The molecular formula is C10H20O4. The predicted octanol–water partition coefficient (Wildman–Crippen LogP) is 2.08. The Morgan fingerprint density at radius 1 is 1.29 bits per heavy atom. The van der Waals surface area contributed by atoms with Crippen molar-refractivity contribution in [1.29, 1.82) is 0 Å². The minimum Gasteiger partial charge on any atom is -0.367 e. The van der Waals surface area contributed by atoms with E-state index in [1.54, 1.807) is 0 Å². The smallest absolute Gasteiger partial charge is 0.367 e. The molecule has 0 bridgehead atoms. The first-order valence-corrected chi connectivity index (χ1v) is 5.21. The minimum absolute atomic E-state index is 0.439. The maximum absolute atomic E-state index is 11.3. The fourth-order valence-electron chi connectivity index (χ4n) is 0.910. The van der Waals surface area contributed by atoms with Crippen LogP contribution in [0.2, 0.25) is 0 Å². The zero-order chi connectivity index (χ0) is 10.8. The number of carbonyl (C=O) groups is 1. The van der Waals surface area contributed by atoms with Crippen molar-refractivity contribution >= 4 is 5.97 Å². The number of hydrogen-bond acceptors (Lipinski definition) is 4. The molecule has 0 saturated heterocycles. The molecule has 0 aliphatic heterocycles. The molecule has 0 aliphatic rings. The van der Waals surface area contributed by atoms with Gasteiger partial charge in [-0.2, -0.15) is 4.89 Å². The first-order valence-electron chi connectivity index (χ1n) is 5.21. The summed E-state index contributed by atoms with van der Waals surface area (Å²) in [6.45, 7) is 6.70. The quantitative estimate of drug-likeness (QED) is 0.345. The van der Waals surface area contributed by atoms with Gasteiger partial charge in [0.2, 0.25) is 0 Å². The average Bonchev–Trinajstić information content (AvgIpc) is 2.20. The van der Waals surface area contributed by atoms with E-state index in [1.165, 1.54) is 0 Å². The molecule has 0 rings (SSSR count). The van der Waals surface area contributed by atoms with E-state index in [-0.39, 0.29) is 0 Å². The Hall–Kier alpha value is -0.610. The zero-order valence-electron chi connectivity index (χ0n) is 9.25. The maximum atomic E-state index is 11.3. The van der Waals surface area contributed by atoms with E-state index in [1.807, 2.05) is 20.8 Å². The normalized spacial score (nSPS) is 12.5. The van der Waals surface area contributed by atoms with E-state index >= 15 is 0 Å². The second-order valence-corrected chi connectivity index (χ2v) is 2.93. The van der Waals surface area contributed by atoms with Crippen LogP contribution in [0.5, 0.6) is 0 Å². The highest BCUT2D eigenvalue weighted by atomic mass is 17.2. The highest BCUT2D eigenvalue weighted by Gasteiger charge is 2.18. The molecule has 0 aliphatic carbocycles. The van der Waals surface area contributed by atoms with E-state index < -0.39 is 12.1 Å². The molecule has 1 unspecified atom stereocenters. The van der Waals surface area contributed by atoms with E-state index in [9.17, 15) is 4.79 Å². The van der Waals surface area contributed by atoms with Crippen LogP contribution in [0.1, 0.15) is 40.0 Å². The predicted molar refractivity (Wildman–Crippen MR) is 52.7 cm³/mol. The molecule has 0 N–H and O–H groups in total. The van der Waals surface area contributed by atoms with E-state index in [0.29, 0.717) is 19.6 Å². The Labute approximate surface area is 85.5 Å². The molecule has 0 aromatic rings. The molecule has 0 spiro atoms. The number of carbonyl (C=O) groups excluding carboxylic acids is 1. The molecule has 0 heterocycles. The third-order valence-electron chi connectivity index (χ3n) is 1.72. The van der Waals surface area contributed by atoms with E-state index in [0.717, 1.165) is 12.8 Å². The summed E-state index contributed by atoms with van der Waals surface area (Å²) in [6, 6.07) is 0. The summed E-state index contributed by atoms with van der Waals surface area (Å²) in [7, 11) is 0. The third kappa shape index (κ3) is 5.94. The van der Waals surface area contributed by atoms with Gasteiger partial charge < -0.3 is 4.74 Å². The van der Waals surface area contributed by atoms with Gasteiger partial charge in [0.15, 0.2) is 6.10 Å². The fourth-order valence-corrected chi connectivity index (χ4v) is 0.910. The first kappa shape index (κ1) is 13.4.